The number of hydrogen-bond donors (Lipinski definition) is 1. The van der Waals surface area contributed by atoms with Crippen LogP contribution < -0.4 is 5.32 Å². The highest BCUT2D eigenvalue weighted by atomic mass is 16.1. The van der Waals surface area contributed by atoms with Crippen molar-refractivity contribution in [3.05, 3.63) is 72.2 Å². The second kappa shape index (κ2) is 7.09. The minimum atomic E-state index is 0.0881. The molecule has 118 valence electrons. The molecule has 4 heteroatoms. The van der Waals surface area contributed by atoms with Gasteiger partial charge in [-0.2, -0.15) is 0 Å². The molecule has 0 fully saturated rings. The van der Waals surface area contributed by atoms with Crippen LogP contribution in [0.25, 0.3) is 5.65 Å². The van der Waals surface area contributed by atoms with Gasteiger partial charge in [-0.25, -0.2) is 4.98 Å². The molecule has 0 aliphatic carbocycles. The summed E-state index contributed by atoms with van der Waals surface area (Å²) in [6, 6.07) is 16.1. The Morgan fingerprint density at radius 1 is 1.17 bits per heavy atom. The molecule has 2 heterocycles. The van der Waals surface area contributed by atoms with Gasteiger partial charge in [0, 0.05) is 31.8 Å². The summed E-state index contributed by atoms with van der Waals surface area (Å²) in [6.07, 6.45) is 5.24. The van der Waals surface area contributed by atoms with E-state index in [0.717, 1.165) is 17.8 Å². The van der Waals surface area contributed by atoms with Crippen molar-refractivity contribution >= 4 is 11.6 Å². The summed E-state index contributed by atoms with van der Waals surface area (Å²) in [4.78, 5) is 16.6. The lowest BCUT2D eigenvalue weighted by Crippen LogP contribution is -2.26. The number of carbonyl (C=O) groups is 1. The molecule has 0 spiro atoms. The molecule has 23 heavy (non-hydrogen) atoms. The first-order chi connectivity index (χ1) is 11.2. The molecule has 1 atom stereocenters. The third-order valence-electron chi connectivity index (χ3n) is 3.98. The summed E-state index contributed by atoms with van der Waals surface area (Å²) in [5, 5.41) is 2.99. The van der Waals surface area contributed by atoms with Crippen LogP contribution in [0.5, 0.6) is 0 Å². The maximum Gasteiger partial charge on any atom is 0.220 e. The van der Waals surface area contributed by atoms with Gasteiger partial charge in [-0.1, -0.05) is 43.3 Å². The number of amides is 1. The van der Waals surface area contributed by atoms with Crippen LogP contribution in [0.4, 0.5) is 0 Å². The first kappa shape index (κ1) is 15.3. The molecular formula is C19H21N3O. The lowest BCUT2D eigenvalue weighted by Gasteiger charge is -2.11. The highest BCUT2D eigenvalue weighted by Crippen LogP contribution is 2.17. The second-order valence-electron chi connectivity index (χ2n) is 5.81. The van der Waals surface area contributed by atoms with E-state index in [1.165, 1.54) is 5.56 Å². The fraction of sp³-hybridized carbons (Fsp3) is 0.263. The van der Waals surface area contributed by atoms with Crippen molar-refractivity contribution in [1.29, 1.82) is 0 Å². The van der Waals surface area contributed by atoms with Gasteiger partial charge in [0.2, 0.25) is 5.91 Å². The number of aromatic nitrogens is 2. The summed E-state index contributed by atoms with van der Waals surface area (Å²) < 4.78 is 1.99. The van der Waals surface area contributed by atoms with E-state index in [1.54, 1.807) is 0 Å². The molecule has 4 nitrogen and oxygen atoms in total. The normalized spacial score (nSPS) is 12.2. The predicted octanol–water partition coefficient (Wildman–Crippen LogP) is 3.19. The smallest absolute Gasteiger partial charge is 0.220 e. The Morgan fingerprint density at radius 3 is 2.74 bits per heavy atom. The first-order valence-electron chi connectivity index (χ1n) is 7.96. The standard InChI is InChI=1S/C19H21N3O/c1-15(16-7-3-2-4-8-16)13-19(23)20-11-10-17-14-22-12-6-5-9-18(22)21-17/h2-9,12,14-15H,10-11,13H2,1H3,(H,20,23)/t15-/m0/s1. The average molecular weight is 307 g/mol. The average Bonchev–Trinajstić information content (AvgIpc) is 2.98. The van der Waals surface area contributed by atoms with Crippen LogP contribution in [0.15, 0.2) is 60.9 Å². The van der Waals surface area contributed by atoms with Crippen LogP contribution in [0.1, 0.15) is 30.5 Å². The van der Waals surface area contributed by atoms with E-state index < -0.39 is 0 Å². The van der Waals surface area contributed by atoms with Crippen molar-refractivity contribution in [2.75, 3.05) is 6.54 Å². The van der Waals surface area contributed by atoms with Crippen molar-refractivity contribution in [3.63, 3.8) is 0 Å². The largest absolute Gasteiger partial charge is 0.356 e. The van der Waals surface area contributed by atoms with E-state index in [-0.39, 0.29) is 11.8 Å². The van der Waals surface area contributed by atoms with Crippen molar-refractivity contribution in [1.82, 2.24) is 14.7 Å². The third-order valence-corrected chi connectivity index (χ3v) is 3.98. The Bertz CT molecular complexity index is 746. The monoisotopic (exact) mass is 307 g/mol. The minimum absolute atomic E-state index is 0.0881. The molecule has 3 rings (SSSR count). The maximum atomic E-state index is 12.1. The second-order valence-corrected chi connectivity index (χ2v) is 5.81. The van der Waals surface area contributed by atoms with Gasteiger partial charge in [-0.05, 0) is 23.6 Å². The highest BCUT2D eigenvalue weighted by Gasteiger charge is 2.10. The SMILES string of the molecule is C[C@@H](CC(=O)NCCc1cn2ccccc2n1)c1ccccc1. The number of nitrogens with zero attached hydrogens (tertiary/aromatic N) is 2. The summed E-state index contributed by atoms with van der Waals surface area (Å²) >= 11 is 0. The molecule has 0 radical (unpaired) electrons. The van der Waals surface area contributed by atoms with Gasteiger partial charge in [0.1, 0.15) is 5.65 Å². The van der Waals surface area contributed by atoms with Crippen molar-refractivity contribution in [3.8, 4) is 0 Å². The quantitative estimate of drug-likeness (QED) is 0.760. The van der Waals surface area contributed by atoms with Gasteiger partial charge >= 0.3 is 0 Å². The Morgan fingerprint density at radius 2 is 1.96 bits per heavy atom. The minimum Gasteiger partial charge on any atom is -0.356 e. The molecule has 1 amide bonds. The number of fused-ring (bicyclic) bond motifs is 1. The van der Waals surface area contributed by atoms with E-state index in [9.17, 15) is 4.79 Å². The number of hydrogen-bond acceptors (Lipinski definition) is 2. The molecule has 0 saturated carbocycles. The van der Waals surface area contributed by atoms with E-state index in [4.69, 9.17) is 0 Å². The molecule has 0 unspecified atom stereocenters. The fourth-order valence-electron chi connectivity index (χ4n) is 2.69. The number of imidazole rings is 1. The number of benzene rings is 1. The molecule has 2 aromatic heterocycles. The van der Waals surface area contributed by atoms with E-state index in [0.29, 0.717) is 13.0 Å². The highest BCUT2D eigenvalue weighted by molar-refractivity contribution is 5.76. The van der Waals surface area contributed by atoms with E-state index in [2.05, 4.69) is 29.4 Å². The Balaban J connectivity index is 1.47. The molecule has 0 aliphatic rings. The molecule has 0 saturated heterocycles. The molecule has 0 bridgehead atoms. The van der Waals surface area contributed by atoms with Gasteiger partial charge in [0.25, 0.3) is 0 Å². The van der Waals surface area contributed by atoms with Crippen LogP contribution >= 0.6 is 0 Å². The van der Waals surface area contributed by atoms with Gasteiger partial charge in [0.05, 0.1) is 5.69 Å². The third kappa shape index (κ3) is 3.97. The molecular weight excluding hydrogens is 286 g/mol. The van der Waals surface area contributed by atoms with Gasteiger partial charge in [0.15, 0.2) is 0 Å². The Labute approximate surface area is 136 Å². The van der Waals surface area contributed by atoms with Crippen LogP contribution in [0.2, 0.25) is 0 Å². The van der Waals surface area contributed by atoms with E-state index >= 15 is 0 Å². The van der Waals surface area contributed by atoms with Gasteiger partial charge in [-0.15, -0.1) is 0 Å². The number of nitrogens with one attached hydrogen (secondary N) is 1. The molecule has 3 aromatic rings. The number of rotatable bonds is 6. The van der Waals surface area contributed by atoms with Crippen LogP contribution in [0, 0.1) is 0 Å². The van der Waals surface area contributed by atoms with Crippen LogP contribution in [-0.4, -0.2) is 21.8 Å². The Kier molecular flexibility index (Phi) is 4.71. The van der Waals surface area contributed by atoms with Gasteiger partial charge in [-0.3, -0.25) is 4.79 Å². The molecule has 1 N–H and O–H groups in total. The van der Waals surface area contributed by atoms with Crippen molar-refractivity contribution in [2.45, 2.75) is 25.7 Å². The lowest BCUT2D eigenvalue weighted by molar-refractivity contribution is -0.121. The first-order valence-corrected chi connectivity index (χ1v) is 7.96. The Hall–Kier alpha value is -2.62. The molecule has 1 aromatic carbocycles. The zero-order valence-electron chi connectivity index (χ0n) is 13.3. The van der Waals surface area contributed by atoms with Crippen molar-refractivity contribution < 1.29 is 4.79 Å². The van der Waals surface area contributed by atoms with Crippen LogP contribution in [-0.2, 0) is 11.2 Å². The topological polar surface area (TPSA) is 46.4 Å². The van der Waals surface area contributed by atoms with Crippen molar-refractivity contribution in [2.24, 2.45) is 0 Å². The fourth-order valence-corrected chi connectivity index (χ4v) is 2.69. The molecule has 0 aliphatic heterocycles. The lowest BCUT2D eigenvalue weighted by atomic mass is 9.97. The maximum absolute atomic E-state index is 12.1. The summed E-state index contributed by atoms with van der Waals surface area (Å²) in [7, 11) is 0. The van der Waals surface area contributed by atoms with Crippen LogP contribution in [0.3, 0.4) is 0 Å². The zero-order chi connectivity index (χ0) is 16.1. The predicted molar refractivity (Wildman–Crippen MR) is 91.4 cm³/mol. The summed E-state index contributed by atoms with van der Waals surface area (Å²) in [5.41, 5.74) is 3.13. The summed E-state index contributed by atoms with van der Waals surface area (Å²) in [6.45, 7) is 2.70. The number of pyridine rings is 1. The number of carbonyl (C=O) groups excluding carboxylic acids is 1. The van der Waals surface area contributed by atoms with E-state index in [1.807, 2.05) is 53.2 Å². The summed E-state index contributed by atoms with van der Waals surface area (Å²) in [5.74, 6) is 0.316. The van der Waals surface area contributed by atoms with Gasteiger partial charge < -0.3 is 9.72 Å². The zero-order valence-corrected chi connectivity index (χ0v) is 13.3.